The number of rotatable bonds is 6. The molecule has 0 radical (unpaired) electrons. The largest absolute Gasteiger partial charge is 0.472 e. The van der Waals surface area contributed by atoms with Gasteiger partial charge in [0.25, 0.3) is 0 Å². The summed E-state index contributed by atoms with van der Waals surface area (Å²) < 4.78 is 7.72. The van der Waals surface area contributed by atoms with Crippen molar-refractivity contribution in [2.45, 2.75) is 12.6 Å². The summed E-state index contributed by atoms with van der Waals surface area (Å²) >= 11 is 12.1. The van der Waals surface area contributed by atoms with Crippen LogP contribution in [0.3, 0.4) is 0 Å². The van der Waals surface area contributed by atoms with Gasteiger partial charge in [-0.2, -0.15) is 0 Å². The van der Waals surface area contributed by atoms with Gasteiger partial charge in [-0.25, -0.2) is 15.4 Å². The van der Waals surface area contributed by atoms with Crippen LogP contribution >= 0.6 is 23.2 Å². The first-order chi connectivity index (χ1) is 10.9. The predicted octanol–water partition coefficient (Wildman–Crippen LogP) is 3.68. The third-order valence-corrected chi connectivity index (χ3v) is 3.22. The Labute approximate surface area is 142 Å². The van der Waals surface area contributed by atoms with Crippen molar-refractivity contribution >= 4 is 23.2 Å². The summed E-state index contributed by atoms with van der Waals surface area (Å²) in [7, 11) is 0. The van der Waals surface area contributed by atoms with E-state index in [9.17, 15) is 0 Å². The number of hydrogen-bond donors (Lipinski definition) is 2. The van der Waals surface area contributed by atoms with E-state index in [-0.39, 0.29) is 6.10 Å². The van der Waals surface area contributed by atoms with Gasteiger partial charge in [-0.15, -0.1) is 6.58 Å². The van der Waals surface area contributed by atoms with Crippen LogP contribution in [0.1, 0.15) is 11.7 Å². The second kappa shape index (κ2) is 9.83. The van der Waals surface area contributed by atoms with E-state index in [0.717, 1.165) is 5.56 Å². The number of ether oxygens (including phenoxy) is 1. The average molecular weight is 361 g/mol. The van der Waals surface area contributed by atoms with Crippen molar-refractivity contribution in [3.05, 3.63) is 70.1 Å². The van der Waals surface area contributed by atoms with Crippen molar-refractivity contribution in [3.8, 4) is 0 Å². The highest BCUT2D eigenvalue weighted by Crippen LogP contribution is 2.29. The molecule has 0 amide bonds. The van der Waals surface area contributed by atoms with Gasteiger partial charge in [0, 0.05) is 28.0 Å². The van der Waals surface area contributed by atoms with Crippen LogP contribution < -0.4 is 0 Å². The van der Waals surface area contributed by atoms with Gasteiger partial charge in [0.1, 0.15) is 11.0 Å². The standard InChI is InChI=1S/C14H14Cl2N2O.H2NO3/c1-2-7-19-14(9-18-6-5-17-10-18)12-4-3-11(15)8-13(12)16;2-1(3)4/h2-6,8,10,14H,1,7,9H2;(H2,2,3,4)/q;+1. The molecule has 1 atom stereocenters. The molecular weight excluding hydrogens is 345 g/mol. The maximum atomic E-state index is 8.47. The van der Waals surface area contributed by atoms with Gasteiger partial charge >= 0.3 is 5.09 Å². The fourth-order valence-corrected chi connectivity index (χ4v) is 2.30. The molecule has 2 rings (SSSR count). The topological polar surface area (TPSA) is 87.6 Å². The second-order valence-electron chi connectivity index (χ2n) is 4.29. The number of nitrogens with zero attached hydrogens (tertiary/aromatic N) is 3. The first-order valence-corrected chi connectivity index (χ1v) is 7.17. The third-order valence-electron chi connectivity index (χ3n) is 2.66. The molecule has 1 aromatic carbocycles. The van der Waals surface area contributed by atoms with E-state index in [4.69, 9.17) is 43.3 Å². The third kappa shape index (κ3) is 7.14. The van der Waals surface area contributed by atoms with Gasteiger partial charge in [-0.05, 0) is 12.1 Å². The first-order valence-electron chi connectivity index (χ1n) is 6.42. The quantitative estimate of drug-likeness (QED) is 0.605. The molecule has 0 spiro atoms. The highest BCUT2D eigenvalue weighted by Gasteiger charge is 2.16. The zero-order chi connectivity index (χ0) is 17.2. The lowest BCUT2D eigenvalue weighted by Gasteiger charge is -2.19. The summed E-state index contributed by atoms with van der Waals surface area (Å²) in [5.74, 6) is 0. The van der Waals surface area contributed by atoms with Gasteiger partial charge in [0.15, 0.2) is 0 Å². The highest BCUT2D eigenvalue weighted by molar-refractivity contribution is 6.35. The zero-order valence-corrected chi connectivity index (χ0v) is 13.6. The molecule has 0 saturated heterocycles. The van der Waals surface area contributed by atoms with E-state index in [2.05, 4.69) is 11.6 Å². The van der Waals surface area contributed by atoms with Crippen molar-refractivity contribution < 1.29 is 20.2 Å². The van der Waals surface area contributed by atoms with Gasteiger partial charge in [-0.3, -0.25) is 0 Å². The Morgan fingerprint density at radius 2 is 2.13 bits per heavy atom. The predicted molar refractivity (Wildman–Crippen MR) is 84.8 cm³/mol. The fraction of sp³-hybridized carbons (Fsp3) is 0.214. The Bertz CT molecular complexity index is 631. The van der Waals surface area contributed by atoms with Gasteiger partial charge in [-0.1, -0.05) is 35.3 Å². The molecule has 0 saturated carbocycles. The molecule has 0 aliphatic heterocycles. The lowest BCUT2D eigenvalue weighted by Crippen LogP contribution is -2.12. The molecule has 9 heteroatoms. The first kappa shape index (κ1) is 19.0. The lowest BCUT2D eigenvalue weighted by molar-refractivity contribution is -0.969. The fourth-order valence-electron chi connectivity index (χ4n) is 1.77. The van der Waals surface area contributed by atoms with Crippen LogP contribution in [0.15, 0.2) is 49.6 Å². The summed E-state index contributed by atoms with van der Waals surface area (Å²) in [6.07, 6.45) is 6.90. The van der Waals surface area contributed by atoms with Crippen LogP contribution in [0.5, 0.6) is 0 Å². The highest BCUT2D eigenvalue weighted by atomic mass is 35.5. The minimum atomic E-state index is -1.25. The molecule has 0 aliphatic carbocycles. The molecule has 2 aromatic rings. The Hall–Kier alpha value is -2.09. The van der Waals surface area contributed by atoms with E-state index < -0.39 is 5.09 Å². The maximum Gasteiger partial charge on any atom is 0.472 e. The zero-order valence-electron chi connectivity index (χ0n) is 12.0. The van der Waals surface area contributed by atoms with Crippen LogP contribution in [-0.2, 0) is 11.3 Å². The Balaban J connectivity index is 0.000000593. The van der Waals surface area contributed by atoms with E-state index >= 15 is 0 Å². The summed E-state index contributed by atoms with van der Waals surface area (Å²) in [5, 5.41) is 13.7. The Kier molecular flexibility index (Phi) is 8.10. The summed E-state index contributed by atoms with van der Waals surface area (Å²) in [6.45, 7) is 4.75. The SMILES string of the molecule is C=CCOC(Cn1ccnc1)c1ccc(Cl)cc1Cl.O=[N+](O)O. The molecule has 1 aromatic heterocycles. The van der Waals surface area contributed by atoms with Crippen LogP contribution in [0.25, 0.3) is 0 Å². The van der Waals surface area contributed by atoms with Crippen molar-refractivity contribution in [3.63, 3.8) is 0 Å². The van der Waals surface area contributed by atoms with E-state index in [0.29, 0.717) is 23.2 Å². The minimum Gasteiger partial charge on any atom is -0.368 e. The summed E-state index contributed by atoms with van der Waals surface area (Å²) in [4.78, 5) is 12.5. The molecule has 1 unspecified atom stereocenters. The van der Waals surface area contributed by atoms with Crippen molar-refractivity contribution in [1.82, 2.24) is 9.55 Å². The maximum absolute atomic E-state index is 8.47. The van der Waals surface area contributed by atoms with E-state index in [1.54, 1.807) is 30.7 Å². The van der Waals surface area contributed by atoms with Gasteiger partial charge in [0.05, 0.1) is 19.5 Å². The van der Waals surface area contributed by atoms with Crippen LogP contribution in [0.2, 0.25) is 10.0 Å². The smallest absolute Gasteiger partial charge is 0.368 e. The van der Waals surface area contributed by atoms with Crippen LogP contribution in [0, 0.1) is 4.91 Å². The molecule has 0 aliphatic rings. The minimum absolute atomic E-state index is 0.169. The van der Waals surface area contributed by atoms with Crippen LogP contribution in [-0.4, -0.2) is 31.7 Å². The number of imidazole rings is 1. The number of benzene rings is 1. The molecule has 0 bridgehead atoms. The Morgan fingerprint density at radius 1 is 1.43 bits per heavy atom. The molecule has 1 heterocycles. The van der Waals surface area contributed by atoms with Crippen molar-refractivity contribution in [2.24, 2.45) is 0 Å². The average Bonchev–Trinajstić information content (AvgIpc) is 2.96. The van der Waals surface area contributed by atoms with Gasteiger partial charge < -0.3 is 9.30 Å². The molecule has 23 heavy (non-hydrogen) atoms. The van der Waals surface area contributed by atoms with Gasteiger partial charge in [0.2, 0.25) is 0 Å². The van der Waals surface area contributed by atoms with Crippen LogP contribution in [0.4, 0.5) is 0 Å². The summed E-state index contributed by atoms with van der Waals surface area (Å²) in [5.41, 5.74) is 0.904. The van der Waals surface area contributed by atoms with E-state index in [1.165, 1.54) is 0 Å². The summed E-state index contributed by atoms with van der Waals surface area (Å²) in [6, 6.07) is 5.41. The normalized spacial score (nSPS) is 11.2. The number of hydrogen-bond acceptors (Lipinski definition) is 3. The number of aromatic nitrogens is 2. The lowest BCUT2D eigenvalue weighted by atomic mass is 10.1. The molecule has 0 fully saturated rings. The second-order valence-corrected chi connectivity index (χ2v) is 5.13. The molecule has 124 valence electrons. The van der Waals surface area contributed by atoms with Crippen molar-refractivity contribution in [2.75, 3.05) is 6.61 Å². The molecule has 2 N–H and O–H groups in total. The van der Waals surface area contributed by atoms with Crippen molar-refractivity contribution in [1.29, 1.82) is 0 Å². The molecule has 7 nitrogen and oxygen atoms in total. The monoisotopic (exact) mass is 360 g/mol. The van der Waals surface area contributed by atoms with E-state index in [1.807, 2.05) is 16.8 Å². The molecular formula is C14H16Cl2N3O4+. The Morgan fingerprint density at radius 3 is 2.65 bits per heavy atom. The number of halogens is 2.